The van der Waals surface area contributed by atoms with Crippen LogP contribution in [0.5, 0.6) is 0 Å². The normalized spacial score (nSPS) is 11.4. The minimum Gasteiger partial charge on any atom is -0.480 e. The Morgan fingerprint density at radius 1 is 1.54 bits per heavy atom. The summed E-state index contributed by atoms with van der Waals surface area (Å²) >= 11 is 0. The molecule has 5 nitrogen and oxygen atoms in total. The van der Waals surface area contributed by atoms with Gasteiger partial charge >= 0.3 is 5.97 Å². The number of carboxylic acids is 1. The topological polar surface area (TPSA) is 79.1 Å². The van der Waals surface area contributed by atoms with E-state index in [0.717, 1.165) is 0 Å². The largest absolute Gasteiger partial charge is 0.480 e. The van der Waals surface area contributed by atoms with Crippen molar-refractivity contribution in [2.75, 3.05) is 6.54 Å². The van der Waals surface area contributed by atoms with Crippen molar-refractivity contribution in [2.45, 2.75) is 25.3 Å². The van der Waals surface area contributed by atoms with Gasteiger partial charge in [0.1, 0.15) is 6.04 Å². The summed E-state index contributed by atoms with van der Waals surface area (Å²) in [6.07, 6.45) is 3.20. The maximum Gasteiger partial charge on any atom is 0.328 e. The Balaban J connectivity index is 3.55. The Morgan fingerprint density at radius 2 is 2.23 bits per heavy atom. The predicted molar refractivity (Wildman–Crippen MR) is 47.8 cm³/mol. The smallest absolute Gasteiger partial charge is 0.328 e. The lowest BCUT2D eigenvalue weighted by Gasteiger charge is -2.04. The number of nitrogens with zero attached hydrogens (tertiary/aromatic N) is 2. The second kappa shape index (κ2) is 7.18. The van der Waals surface area contributed by atoms with Gasteiger partial charge in [0, 0.05) is 0 Å². The highest BCUT2D eigenvalue weighted by atomic mass is 16.4. The van der Waals surface area contributed by atoms with E-state index in [9.17, 15) is 9.59 Å². The molecule has 0 saturated heterocycles. The van der Waals surface area contributed by atoms with Crippen LogP contribution in [0.15, 0.2) is 9.98 Å². The molecule has 0 aromatic rings. The molecule has 0 fully saturated rings. The summed E-state index contributed by atoms with van der Waals surface area (Å²) in [4.78, 5) is 26.9. The zero-order chi connectivity index (χ0) is 10.1. The van der Waals surface area contributed by atoms with E-state index in [4.69, 9.17) is 5.11 Å². The number of aliphatic imine (C=N–C) groups is 2. The molecule has 0 aromatic heterocycles. The lowest BCUT2D eigenvalue weighted by Crippen LogP contribution is -2.17. The number of rotatable bonds is 7. The number of isocyanates is 1. The van der Waals surface area contributed by atoms with E-state index in [-0.39, 0.29) is 0 Å². The van der Waals surface area contributed by atoms with Crippen LogP contribution in [-0.2, 0) is 9.59 Å². The summed E-state index contributed by atoms with van der Waals surface area (Å²) in [5, 5.41) is 8.56. The van der Waals surface area contributed by atoms with Crippen molar-refractivity contribution >= 4 is 18.8 Å². The number of carbonyl (C=O) groups is 1. The van der Waals surface area contributed by atoms with Gasteiger partial charge in [-0.3, -0.25) is 4.99 Å². The number of aliphatic carboxylic acids is 1. The van der Waals surface area contributed by atoms with Crippen molar-refractivity contribution < 1.29 is 14.7 Å². The van der Waals surface area contributed by atoms with Crippen molar-refractivity contribution in [3.63, 3.8) is 0 Å². The number of carbonyl (C=O) groups excluding carboxylic acids is 1. The molecule has 0 amide bonds. The number of hydrogen-bond acceptors (Lipinski definition) is 4. The van der Waals surface area contributed by atoms with E-state index in [1.165, 1.54) is 6.08 Å². The lowest BCUT2D eigenvalue weighted by atomic mass is 10.1. The van der Waals surface area contributed by atoms with Gasteiger partial charge in [-0.1, -0.05) is 0 Å². The van der Waals surface area contributed by atoms with Crippen LogP contribution < -0.4 is 0 Å². The molecule has 0 spiro atoms. The molecule has 72 valence electrons. The molecule has 0 bridgehead atoms. The van der Waals surface area contributed by atoms with Crippen LogP contribution in [0.4, 0.5) is 0 Å². The second-order valence-corrected chi connectivity index (χ2v) is 2.51. The van der Waals surface area contributed by atoms with Gasteiger partial charge < -0.3 is 5.11 Å². The number of carboxylic acid groups (broad SMARTS) is 1. The average molecular weight is 184 g/mol. The van der Waals surface area contributed by atoms with Gasteiger partial charge in [0.05, 0.1) is 6.54 Å². The van der Waals surface area contributed by atoms with Gasteiger partial charge in [-0.25, -0.2) is 14.6 Å². The van der Waals surface area contributed by atoms with Crippen LogP contribution in [0.2, 0.25) is 0 Å². The van der Waals surface area contributed by atoms with Crippen LogP contribution in [-0.4, -0.2) is 36.5 Å². The van der Waals surface area contributed by atoms with Crippen LogP contribution in [0.1, 0.15) is 19.3 Å². The molecular weight excluding hydrogens is 172 g/mol. The SMILES string of the molecule is C=NC(CCCCN=C=O)C(=O)O. The molecule has 1 unspecified atom stereocenters. The van der Waals surface area contributed by atoms with E-state index in [0.29, 0.717) is 25.8 Å². The first-order chi connectivity index (χ1) is 6.22. The Morgan fingerprint density at radius 3 is 2.69 bits per heavy atom. The highest BCUT2D eigenvalue weighted by molar-refractivity contribution is 5.74. The second-order valence-electron chi connectivity index (χ2n) is 2.51. The summed E-state index contributed by atoms with van der Waals surface area (Å²) in [7, 11) is 0. The van der Waals surface area contributed by atoms with E-state index < -0.39 is 12.0 Å². The monoisotopic (exact) mass is 184 g/mol. The van der Waals surface area contributed by atoms with Gasteiger partial charge in [0.2, 0.25) is 6.08 Å². The summed E-state index contributed by atoms with van der Waals surface area (Å²) in [5.74, 6) is -0.964. The molecule has 0 aliphatic rings. The first-order valence-electron chi connectivity index (χ1n) is 3.94. The fourth-order valence-electron chi connectivity index (χ4n) is 0.867. The Labute approximate surface area is 76.2 Å². The Kier molecular flexibility index (Phi) is 6.37. The van der Waals surface area contributed by atoms with Crippen molar-refractivity contribution in [2.24, 2.45) is 9.98 Å². The zero-order valence-electron chi connectivity index (χ0n) is 7.27. The van der Waals surface area contributed by atoms with Gasteiger partial charge in [0.15, 0.2) is 0 Å². The first kappa shape index (κ1) is 11.5. The fraction of sp³-hybridized carbons (Fsp3) is 0.625. The van der Waals surface area contributed by atoms with Crippen LogP contribution in [0, 0.1) is 0 Å². The molecular formula is C8H12N2O3. The third kappa shape index (κ3) is 5.75. The third-order valence-electron chi connectivity index (χ3n) is 1.57. The maximum absolute atomic E-state index is 10.4. The number of unbranched alkanes of at least 4 members (excludes halogenated alkanes) is 1. The Hall–Kier alpha value is -1.48. The predicted octanol–water partition coefficient (Wildman–Crippen LogP) is 0.646. The standard InChI is InChI=1S/C8H12N2O3/c1-9-7(8(12)13)4-2-3-5-10-6-11/h7H,1-5H2,(H,12,13). The molecule has 0 rings (SSSR count). The molecule has 0 aliphatic heterocycles. The van der Waals surface area contributed by atoms with Crippen LogP contribution in [0.3, 0.4) is 0 Å². The average Bonchev–Trinajstić information content (AvgIpc) is 2.10. The van der Waals surface area contributed by atoms with Crippen molar-refractivity contribution in [3.05, 3.63) is 0 Å². The summed E-state index contributed by atoms with van der Waals surface area (Å²) in [5.41, 5.74) is 0. The minimum atomic E-state index is -0.964. The van der Waals surface area contributed by atoms with Gasteiger partial charge in [-0.15, -0.1) is 0 Å². The van der Waals surface area contributed by atoms with E-state index in [2.05, 4.69) is 16.7 Å². The number of hydrogen-bond donors (Lipinski definition) is 1. The fourth-order valence-corrected chi connectivity index (χ4v) is 0.867. The molecule has 0 radical (unpaired) electrons. The molecule has 0 heterocycles. The van der Waals surface area contributed by atoms with Crippen LogP contribution in [0.25, 0.3) is 0 Å². The summed E-state index contributed by atoms with van der Waals surface area (Å²) in [6, 6.07) is -0.736. The molecule has 0 saturated carbocycles. The van der Waals surface area contributed by atoms with Crippen molar-refractivity contribution in [3.8, 4) is 0 Å². The summed E-state index contributed by atoms with van der Waals surface area (Å²) in [6.45, 7) is 3.58. The van der Waals surface area contributed by atoms with Gasteiger partial charge in [0.25, 0.3) is 0 Å². The first-order valence-corrected chi connectivity index (χ1v) is 3.94. The Bertz CT molecular complexity index is 221. The van der Waals surface area contributed by atoms with Crippen molar-refractivity contribution in [1.29, 1.82) is 0 Å². The highest BCUT2D eigenvalue weighted by Crippen LogP contribution is 2.04. The molecule has 0 aliphatic carbocycles. The van der Waals surface area contributed by atoms with E-state index >= 15 is 0 Å². The highest BCUT2D eigenvalue weighted by Gasteiger charge is 2.12. The third-order valence-corrected chi connectivity index (χ3v) is 1.57. The van der Waals surface area contributed by atoms with Crippen molar-refractivity contribution in [1.82, 2.24) is 0 Å². The molecule has 1 N–H and O–H groups in total. The van der Waals surface area contributed by atoms with Gasteiger partial charge in [-0.05, 0) is 26.0 Å². The maximum atomic E-state index is 10.4. The van der Waals surface area contributed by atoms with E-state index in [1.807, 2.05) is 0 Å². The molecule has 5 heteroatoms. The van der Waals surface area contributed by atoms with E-state index in [1.54, 1.807) is 0 Å². The quantitative estimate of drug-likeness (QED) is 0.358. The molecule has 0 aromatic carbocycles. The zero-order valence-corrected chi connectivity index (χ0v) is 7.27. The lowest BCUT2D eigenvalue weighted by molar-refractivity contribution is -0.138. The summed E-state index contributed by atoms with van der Waals surface area (Å²) < 4.78 is 0. The minimum absolute atomic E-state index is 0.396. The molecule has 13 heavy (non-hydrogen) atoms. The molecule has 1 atom stereocenters. The van der Waals surface area contributed by atoms with Gasteiger partial charge in [-0.2, -0.15) is 0 Å². The van der Waals surface area contributed by atoms with Crippen LogP contribution >= 0.6 is 0 Å².